The number of nitrogens with two attached hydrogens (primary N) is 1. The molecule has 7 heteroatoms. The first kappa shape index (κ1) is 15.7. The second-order valence-electron chi connectivity index (χ2n) is 5.39. The van der Waals surface area contributed by atoms with Crippen LogP contribution in [0, 0.1) is 5.82 Å². The average Bonchev–Trinajstić information content (AvgIpc) is 2.56. The standard InChI is InChI=1S/C17H17FN6/c1-24(2)12-9-7-11(8-10-12)15-21-16(19)23-17(22-15)20-14-6-4-3-5-13(14)18/h3-10H,1-2H3,(H3,19,20,21,22,23). The van der Waals surface area contributed by atoms with Crippen LogP contribution in [0.1, 0.15) is 0 Å². The van der Waals surface area contributed by atoms with Gasteiger partial charge in [-0.25, -0.2) is 4.39 Å². The lowest BCUT2D eigenvalue weighted by atomic mass is 10.2. The lowest BCUT2D eigenvalue weighted by Crippen LogP contribution is -2.08. The summed E-state index contributed by atoms with van der Waals surface area (Å²) in [6, 6.07) is 14.0. The van der Waals surface area contributed by atoms with E-state index in [-0.39, 0.29) is 17.6 Å². The van der Waals surface area contributed by atoms with Crippen LogP contribution in [0.2, 0.25) is 0 Å². The van der Waals surface area contributed by atoms with Crippen molar-refractivity contribution < 1.29 is 4.39 Å². The molecule has 0 saturated heterocycles. The van der Waals surface area contributed by atoms with E-state index in [4.69, 9.17) is 5.73 Å². The van der Waals surface area contributed by atoms with Crippen molar-refractivity contribution in [1.29, 1.82) is 0 Å². The molecule has 0 saturated carbocycles. The van der Waals surface area contributed by atoms with E-state index >= 15 is 0 Å². The van der Waals surface area contributed by atoms with Crippen molar-refractivity contribution >= 4 is 23.3 Å². The number of nitrogen functional groups attached to an aromatic ring is 1. The fourth-order valence-electron chi connectivity index (χ4n) is 2.17. The fraction of sp³-hybridized carbons (Fsp3) is 0.118. The molecular weight excluding hydrogens is 307 g/mol. The lowest BCUT2D eigenvalue weighted by molar-refractivity contribution is 0.631. The first-order valence-corrected chi connectivity index (χ1v) is 7.34. The Morgan fingerprint density at radius 2 is 1.67 bits per heavy atom. The molecule has 24 heavy (non-hydrogen) atoms. The number of hydrogen-bond donors (Lipinski definition) is 2. The molecule has 0 fully saturated rings. The van der Waals surface area contributed by atoms with Gasteiger partial charge in [-0.15, -0.1) is 0 Å². The maximum absolute atomic E-state index is 13.7. The maximum Gasteiger partial charge on any atom is 0.232 e. The van der Waals surface area contributed by atoms with Crippen LogP contribution in [0.25, 0.3) is 11.4 Å². The zero-order valence-corrected chi connectivity index (χ0v) is 13.4. The van der Waals surface area contributed by atoms with Gasteiger partial charge in [0.25, 0.3) is 0 Å². The van der Waals surface area contributed by atoms with Crippen LogP contribution in [-0.4, -0.2) is 29.0 Å². The zero-order chi connectivity index (χ0) is 17.1. The number of nitrogens with one attached hydrogen (secondary N) is 1. The molecule has 3 rings (SSSR count). The third-order valence-corrected chi connectivity index (χ3v) is 3.41. The molecule has 6 nitrogen and oxygen atoms in total. The predicted octanol–water partition coefficient (Wildman–Crippen LogP) is 3.07. The van der Waals surface area contributed by atoms with Crippen LogP contribution in [0.5, 0.6) is 0 Å². The van der Waals surface area contributed by atoms with E-state index < -0.39 is 5.82 Å². The summed E-state index contributed by atoms with van der Waals surface area (Å²) >= 11 is 0. The molecule has 0 atom stereocenters. The summed E-state index contributed by atoms with van der Waals surface area (Å²) in [6.07, 6.45) is 0. The second-order valence-corrected chi connectivity index (χ2v) is 5.39. The van der Waals surface area contributed by atoms with E-state index in [9.17, 15) is 4.39 Å². The minimum atomic E-state index is -0.395. The van der Waals surface area contributed by atoms with E-state index in [1.54, 1.807) is 18.2 Å². The number of benzene rings is 2. The van der Waals surface area contributed by atoms with Gasteiger partial charge >= 0.3 is 0 Å². The number of nitrogens with zero attached hydrogens (tertiary/aromatic N) is 4. The first-order valence-electron chi connectivity index (χ1n) is 7.34. The van der Waals surface area contributed by atoms with Crippen molar-refractivity contribution in [3.8, 4) is 11.4 Å². The number of rotatable bonds is 4. The highest BCUT2D eigenvalue weighted by Gasteiger charge is 2.09. The highest BCUT2D eigenvalue weighted by Crippen LogP contribution is 2.22. The number of hydrogen-bond acceptors (Lipinski definition) is 6. The zero-order valence-electron chi connectivity index (χ0n) is 13.4. The lowest BCUT2D eigenvalue weighted by Gasteiger charge is -2.12. The van der Waals surface area contributed by atoms with Crippen LogP contribution in [0.4, 0.5) is 27.7 Å². The quantitative estimate of drug-likeness (QED) is 0.768. The molecule has 0 spiro atoms. The third kappa shape index (κ3) is 3.40. The van der Waals surface area contributed by atoms with Crippen molar-refractivity contribution in [2.75, 3.05) is 30.0 Å². The monoisotopic (exact) mass is 324 g/mol. The van der Waals surface area contributed by atoms with Crippen LogP contribution < -0.4 is 16.0 Å². The fourth-order valence-corrected chi connectivity index (χ4v) is 2.17. The van der Waals surface area contributed by atoms with Crippen LogP contribution >= 0.6 is 0 Å². The summed E-state index contributed by atoms with van der Waals surface area (Å²) in [7, 11) is 3.93. The summed E-state index contributed by atoms with van der Waals surface area (Å²) in [6.45, 7) is 0. The summed E-state index contributed by atoms with van der Waals surface area (Å²) in [5.74, 6) is 0.287. The normalized spacial score (nSPS) is 10.5. The summed E-state index contributed by atoms with van der Waals surface area (Å²) in [4.78, 5) is 14.5. The van der Waals surface area contributed by atoms with Crippen LogP contribution in [0.3, 0.4) is 0 Å². The average molecular weight is 324 g/mol. The molecule has 1 heterocycles. The van der Waals surface area contributed by atoms with Gasteiger partial charge in [-0.3, -0.25) is 0 Å². The summed E-state index contributed by atoms with van der Waals surface area (Å²) in [5, 5.41) is 2.83. The van der Waals surface area contributed by atoms with Crippen molar-refractivity contribution in [2.24, 2.45) is 0 Å². The predicted molar refractivity (Wildman–Crippen MR) is 93.7 cm³/mol. The highest BCUT2D eigenvalue weighted by molar-refractivity contribution is 5.63. The molecule has 122 valence electrons. The molecule has 0 amide bonds. The van der Waals surface area contributed by atoms with Gasteiger partial charge in [0.15, 0.2) is 5.82 Å². The van der Waals surface area contributed by atoms with E-state index in [2.05, 4.69) is 20.3 Å². The smallest absolute Gasteiger partial charge is 0.232 e. The van der Waals surface area contributed by atoms with Crippen molar-refractivity contribution in [1.82, 2.24) is 15.0 Å². The Balaban J connectivity index is 1.93. The third-order valence-electron chi connectivity index (χ3n) is 3.41. The van der Waals surface area contributed by atoms with E-state index in [1.807, 2.05) is 43.3 Å². The van der Waals surface area contributed by atoms with Crippen molar-refractivity contribution in [2.45, 2.75) is 0 Å². The Labute approximate surface area is 139 Å². The first-order chi connectivity index (χ1) is 11.5. The molecule has 2 aromatic carbocycles. The van der Waals surface area contributed by atoms with Gasteiger partial charge in [0.05, 0.1) is 5.69 Å². The molecule has 3 aromatic rings. The molecule has 3 N–H and O–H groups in total. The number of aromatic nitrogens is 3. The Kier molecular flexibility index (Phi) is 4.24. The van der Waals surface area contributed by atoms with Gasteiger partial charge < -0.3 is 16.0 Å². The van der Waals surface area contributed by atoms with Crippen molar-refractivity contribution in [3.63, 3.8) is 0 Å². The largest absolute Gasteiger partial charge is 0.378 e. The van der Waals surface area contributed by atoms with Gasteiger partial charge in [-0.2, -0.15) is 15.0 Å². The minimum Gasteiger partial charge on any atom is -0.378 e. The maximum atomic E-state index is 13.7. The molecule has 1 aromatic heterocycles. The SMILES string of the molecule is CN(C)c1ccc(-c2nc(N)nc(Nc3ccccc3F)n2)cc1. The van der Waals surface area contributed by atoms with Gasteiger partial charge in [0.1, 0.15) is 5.82 Å². The van der Waals surface area contributed by atoms with E-state index in [0.29, 0.717) is 5.82 Å². The topological polar surface area (TPSA) is 80.0 Å². The Morgan fingerprint density at radius 3 is 2.33 bits per heavy atom. The van der Waals surface area contributed by atoms with Gasteiger partial charge in [0.2, 0.25) is 11.9 Å². The molecule has 0 unspecified atom stereocenters. The molecular formula is C17H17FN6. The van der Waals surface area contributed by atoms with Crippen LogP contribution in [-0.2, 0) is 0 Å². The number of para-hydroxylation sites is 1. The highest BCUT2D eigenvalue weighted by atomic mass is 19.1. The summed E-state index contributed by atoms with van der Waals surface area (Å²) in [5.41, 5.74) is 7.90. The summed E-state index contributed by atoms with van der Waals surface area (Å²) < 4.78 is 13.7. The Bertz CT molecular complexity index is 848. The van der Waals surface area contributed by atoms with Crippen molar-refractivity contribution in [3.05, 3.63) is 54.3 Å². The van der Waals surface area contributed by atoms with Crippen LogP contribution in [0.15, 0.2) is 48.5 Å². The molecule has 0 aliphatic heterocycles. The van der Waals surface area contributed by atoms with E-state index in [1.165, 1.54) is 6.07 Å². The molecule has 0 aliphatic carbocycles. The minimum absolute atomic E-state index is 0.0653. The van der Waals surface area contributed by atoms with E-state index in [0.717, 1.165) is 11.3 Å². The Hall–Kier alpha value is -3.22. The van der Waals surface area contributed by atoms with Gasteiger partial charge in [-0.05, 0) is 36.4 Å². The number of anilines is 4. The molecule has 0 aliphatic rings. The Morgan fingerprint density at radius 1 is 0.958 bits per heavy atom. The van der Waals surface area contributed by atoms with Gasteiger partial charge in [-0.1, -0.05) is 12.1 Å². The van der Waals surface area contributed by atoms with Gasteiger partial charge in [0, 0.05) is 25.3 Å². The molecule has 0 bridgehead atoms. The number of halogens is 1. The second kappa shape index (κ2) is 6.49. The molecule has 0 radical (unpaired) electrons.